The number of benzene rings is 1. The molecule has 0 amide bonds. The molecule has 0 bridgehead atoms. The van der Waals surface area contributed by atoms with Gasteiger partial charge in [-0.1, -0.05) is 43.7 Å². The summed E-state index contributed by atoms with van der Waals surface area (Å²) >= 11 is 0. The summed E-state index contributed by atoms with van der Waals surface area (Å²) in [5.74, 6) is 0. The standard InChI is InChI=1S/C16H22O/c1-3-5-10-14(9-4-2)13-16(17)15-11-7-6-8-12-15/h4,6-8,11-12,16-17H,3,5,10,13H2,1-2H3. The van der Waals surface area contributed by atoms with Crippen molar-refractivity contribution in [3.05, 3.63) is 53.3 Å². The Balaban J connectivity index is 2.65. The van der Waals surface area contributed by atoms with Crippen LogP contribution in [0.4, 0.5) is 0 Å². The lowest BCUT2D eigenvalue weighted by atomic mass is 9.98. The lowest BCUT2D eigenvalue weighted by Gasteiger charge is -2.12. The van der Waals surface area contributed by atoms with E-state index in [2.05, 4.69) is 12.7 Å². The first kappa shape index (κ1) is 13.8. The fourth-order valence-electron chi connectivity index (χ4n) is 1.85. The molecule has 0 aromatic heterocycles. The Morgan fingerprint density at radius 2 is 2.06 bits per heavy atom. The molecule has 0 saturated heterocycles. The summed E-state index contributed by atoms with van der Waals surface area (Å²) in [6.45, 7) is 4.15. The molecular formula is C16H22O. The van der Waals surface area contributed by atoms with Crippen LogP contribution in [0.15, 0.2) is 47.7 Å². The zero-order valence-corrected chi connectivity index (χ0v) is 10.8. The summed E-state index contributed by atoms with van der Waals surface area (Å²) in [4.78, 5) is 0. The molecule has 1 aromatic rings. The molecule has 17 heavy (non-hydrogen) atoms. The molecule has 1 unspecified atom stereocenters. The first-order chi connectivity index (χ1) is 8.27. The molecular weight excluding hydrogens is 208 g/mol. The van der Waals surface area contributed by atoms with Gasteiger partial charge in [-0.15, -0.1) is 5.73 Å². The number of aliphatic hydroxyl groups is 1. The van der Waals surface area contributed by atoms with E-state index in [9.17, 15) is 5.11 Å². The highest BCUT2D eigenvalue weighted by Crippen LogP contribution is 2.23. The van der Waals surface area contributed by atoms with Gasteiger partial charge in [-0.3, -0.25) is 0 Å². The van der Waals surface area contributed by atoms with Gasteiger partial charge in [0, 0.05) is 6.42 Å². The number of hydrogen-bond acceptors (Lipinski definition) is 1. The lowest BCUT2D eigenvalue weighted by Crippen LogP contribution is -1.99. The predicted molar refractivity (Wildman–Crippen MR) is 72.8 cm³/mol. The van der Waals surface area contributed by atoms with Crippen LogP contribution in [-0.4, -0.2) is 5.11 Å². The maximum absolute atomic E-state index is 10.1. The summed E-state index contributed by atoms with van der Waals surface area (Å²) < 4.78 is 0. The van der Waals surface area contributed by atoms with Gasteiger partial charge in [-0.2, -0.15) is 0 Å². The Kier molecular flexibility index (Phi) is 6.39. The van der Waals surface area contributed by atoms with Crippen molar-refractivity contribution in [3.63, 3.8) is 0 Å². The van der Waals surface area contributed by atoms with E-state index in [0.29, 0.717) is 6.42 Å². The van der Waals surface area contributed by atoms with Gasteiger partial charge in [0.25, 0.3) is 0 Å². The molecule has 92 valence electrons. The Hall–Kier alpha value is -1.30. The first-order valence-corrected chi connectivity index (χ1v) is 6.40. The SMILES string of the molecule is CC=C=C(CCCC)CC(O)c1ccccc1. The van der Waals surface area contributed by atoms with E-state index in [1.165, 1.54) is 12.0 Å². The van der Waals surface area contributed by atoms with Crippen LogP contribution in [0.3, 0.4) is 0 Å². The third-order valence-corrected chi connectivity index (χ3v) is 2.80. The van der Waals surface area contributed by atoms with Gasteiger partial charge in [0.15, 0.2) is 0 Å². The molecule has 0 radical (unpaired) electrons. The highest BCUT2D eigenvalue weighted by atomic mass is 16.3. The average molecular weight is 230 g/mol. The van der Waals surface area contributed by atoms with Crippen LogP contribution >= 0.6 is 0 Å². The topological polar surface area (TPSA) is 20.2 Å². The molecule has 1 atom stereocenters. The molecule has 1 nitrogen and oxygen atoms in total. The summed E-state index contributed by atoms with van der Waals surface area (Å²) in [6.07, 6.45) is 5.59. The third kappa shape index (κ3) is 5.04. The van der Waals surface area contributed by atoms with Crippen LogP contribution in [0.1, 0.15) is 51.2 Å². The van der Waals surface area contributed by atoms with Crippen molar-refractivity contribution in [3.8, 4) is 0 Å². The highest BCUT2D eigenvalue weighted by molar-refractivity contribution is 5.19. The van der Waals surface area contributed by atoms with Crippen LogP contribution in [0.5, 0.6) is 0 Å². The van der Waals surface area contributed by atoms with E-state index in [0.717, 1.165) is 18.4 Å². The minimum Gasteiger partial charge on any atom is -0.388 e. The zero-order valence-electron chi connectivity index (χ0n) is 10.8. The largest absolute Gasteiger partial charge is 0.388 e. The summed E-state index contributed by atoms with van der Waals surface area (Å²) in [6, 6.07) is 9.83. The van der Waals surface area contributed by atoms with E-state index in [4.69, 9.17) is 0 Å². The smallest absolute Gasteiger partial charge is 0.0833 e. The molecule has 0 saturated carbocycles. The van der Waals surface area contributed by atoms with Gasteiger partial charge in [-0.25, -0.2) is 0 Å². The minimum absolute atomic E-state index is 0.407. The molecule has 0 aliphatic carbocycles. The lowest BCUT2D eigenvalue weighted by molar-refractivity contribution is 0.177. The van der Waals surface area contributed by atoms with Crippen molar-refractivity contribution in [2.45, 2.75) is 45.6 Å². The van der Waals surface area contributed by atoms with Crippen molar-refractivity contribution in [1.82, 2.24) is 0 Å². The summed E-state index contributed by atoms with van der Waals surface area (Å²) in [5.41, 5.74) is 5.45. The Morgan fingerprint density at radius 1 is 1.35 bits per heavy atom. The maximum Gasteiger partial charge on any atom is 0.0833 e. The van der Waals surface area contributed by atoms with Gasteiger partial charge >= 0.3 is 0 Å². The molecule has 0 aliphatic rings. The van der Waals surface area contributed by atoms with Crippen molar-refractivity contribution < 1.29 is 5.11 Å². The molecule has 1 heteroatoms. The minimum atomic E-state index is -0.407. The number of unbranched alkanes of at least 4 members (excludes halogenated alkanes) is 1. The van der Waals surface area contributed by atoms with Gasteiger partial charge in [-0.05, 0) is 37.0 Å². The number of hydrogen-bond donors (Lipinski definition) is 1. The van der Waals surface area contributed by atoms with Crippen LogP contribution in [0, 0.1) is 0 Å². The van der Waals surface area contributed by atoms with E-state index in [-0.39, 0.29) is 0 Å². The summed E-state index contributed by atoms with van der Waals surface area (Å²) in [7, 11) is 0. The van der Waals surface area contributed by atoms with Gasteiger partial charge in [0.2, 0.25) is 0 Å². The quantitative estimate of drug-likeness (QED) is 0.718. The normalized spacial score (nSPS) is 11.7. The molecule has 0 fully saturated rings. The van der Waals surface area contributed by atoms with Crippen LogP contribution in [0.2, 0.25) is 0 Å². The van der Waals surface area contributed by atoms with E-state index >= 15 is 0 Å². The molecule has 1 rings (SSSR count). The van der Waals surface area contributed by atoms with Crippen LogP contribution in [-0.2, 0) is 0 Å². The van der Waals surface area contributed by atoms with Crippen molar-refractivity contribution in [2.24, 2.45) is 0 Å². The van der Waals surface area contributed by atoms with Crippen molar-refractivity contribution in [2.75, 3.05) is 0 Å². The third-order valence-electron chi connectivity index (χ3n) is 2.80. The average Bonchev–Trinajstić information content (AvgIpc) is 2.37. The second-order valence-corrected chi connectivity index (χ2v) is 4.27. The molecule has 1 aromatic carbocycles. The fourth-order valence-corrected chi connectivity index (χ4v) is 1.85. The second kappa shape index (κ2) is 7.89. The highest BCUT2D eigenvalue weighted by Gasteiger charge is 2.09. The number of rotatable bonds is 6. The Labute approximate surface area is 104 Å². The molecule has 0 aliphatic heterocycles. The zero-order chi connectivity index (χ0) is 12.5. The Morgan fingerprint density at radius 3 is 2.65 bits per heavy atom. The molecule has 0 heterocycles. The first-order valence-electron chi connectivity index (χ1n) is 6.40. The van der Waals surface area contributed by atoms with Crippen LogP contribution in [0.25, 0.3) is 0 Å². The van der Waals surface area contributed by atoms with Crippen LogP contribution < -0.4 is 0 Å². The maximum atomic E-state index is 10.1. The monoisotopic (exact) mass is 230 g/mol. The van der Waals surface area contributed by atoms with Crippen molar-refractivity contribution >= 4 is 0 Å². The van der Waals surface area contributed by atoms with E-state index < -0.39 is 6.10 Å². The predicted octanol–water partition coefficient (Wildman–Crippen LogP) is 4.40. The van der Waals surface area contributed by atoms with E-state index in [1.807, 2.05) is 43.3 Å². The summed E-state index contributed by atoms with van der Waals surface area (Å²) in [5, 5.41) is 10.1. The Bertz CT molecular complexity index is 372. The molecule has 1 N–H and O–H groups in total. The molecule has 0 spiro atoms. The van der Waals surface area contributed by atoms with Gasteiger partial charge in [0.1, 0.15) is 0 Å². The second-order valence-electron chi connectivity index (χ2n) is 4.27. The van der Waals surface area contributed by atoms with Gasteiger partial charge in [0.05, 0.1) is 6.10 Å². The van der Waals surface area contributed by atoms with Gasteiger partial charge < -0.3 is 5.11 Å². The van der Waals surface area contributed by atoms with Crippen molar-refractivity contribution in [1.29, 1.82) is 0 Å². The van der Waals surface area contributed by atoms with E-state index in [1.54, 1.807) is 0 Å². The number of aliphatic hydroxyl groups excluding tert-OH is 1. The fraction of sp³-hybridized carbons (Fsp3) is 0.438.